The molecule has 6 nitrogen and oxygen atoms in total. The number of nitrogens with one attached hydrogen (secondary N) is 1. The lowest BCUT2D eigenvalue weighted by Crippen LogP contribution is -2.53. The fourth-order valence-electron chi connectivity index (χ4n) is 5.07. The minimum atomic E-state index is -0.555. The van der Waals surface area contributed by atoms with Crippen molar-refractivity contribution in [1.82, 2.24) is 10.2 Å². The zero-order valence-corrected chi connectivity index (χ0v) is 17.1. The third-order valence-electron chi connectivity index (χ3n) is 6.53. The number of fused-ring (bicyclic) bond motifs is 1. The Morgan fingerprint density at radius 1 is 1.21 bits per heavy atom. The van der Waals surface area contributed by atoms with Crippen molar-refractivity contribution in [2.75, 3.05) is 20.3 Å². The van der Waals surface area contributed by atoms with E-state index in [0.29, 0.717) is 37.5 Å². The first-order chi connectivity index (χ1) is 14.2. The summed E-state index contributed by atoms with van der Waals surface area (Å²) in [5.74, 6) is 1.56. The Morgan fingerprint density at radius 2 is 1.97 bits per heavy atom. The Morgan fingerprint density at radius 3 is 2.72 bits per heavy atom. The maximum absolute atomic E-state index is 13.2. The molecule has 0 spiro atoms. The van der Waals surface area contributed by atoms with E-state index in [0.717, 1.165) is 31.4 Å². The molecule has 1 heterocycles. The number of nitrogens with zero attached hydrogens (tertiary/aromatic N) is 1. The van der Waals surface area contributed by atoms with Crippen LogP contribution in [0.5, 0.6) is 11.5 Å². The summed E-state index contributed by atoms with van der Waals surface area (Å²) in [6.45, 7) is 0.787. The van der Waals surface area contributed by atoms with Crippen LogP contribution in [0.1, 0.15) is 51.4 Å². The van der Waals surface area contributed by atoms with Crippen molar-refractivity contribution in [2.24, 2.45) is 5.41 Å². The Bertz CT molecular complexity index is 800. The minimum absolute atomic E-state index is 0.0281. The first-order valence-corrected chi connectivity index (χ1v) is 10.7. The summed E-state index contributed by atoms with van der Waals surface area (Å²) in [6.07, 6.45) is 9.28. The van der Waals surface area contributed by atoms with Crippen LogP contribution in [-0.2, 0) is 9.59 Å². The Balaban J connectivity index is 1.38. The van der Waals surface area contributed by atoms with Crippen molar-refractivity contribution in [3.8, 4) is 11.5 Å². The van der Waals surface area contributed by atoms with Gasteiger partial charge in [-0.1, -0.05) is 31.1 Å². The zero-order chi connectivity index (χ0) is 20.3. The van der Waals surface area contributed by atoms with Gasteiger partial charge in [-0.05, 0) is 44.2 Å². The number of benzene rings is 1. The van der Waals surface area contributed by atoms with E-state index in [1.165, 1.54) is 12.8 Å². The van der Waals surface area contributed by atoms with Crippen molar-refractivity contribution < 1.29 is 19.1 Å². The van der Waals surface area contributed by atoms with E-state index < -0.39 is 5.41 Å². The first kappa shape index (κ1) is 19.8. The monoisotopic (exact) mass is 398 g/mol. The van der Waals surface area contributed by atoms with Gasteiger partial charge in [0.15, 0.2) is 11.5 Å². The maximum Gasteiger partial charge on any atom is 0.232 e. The summed E-state index contributed by atoms with van der Waals surface area (Å²) in [5, 5.41) is 3.06. The van der Waals surface area contributed by atoms with Crippen molar-refractivity contribution >= 4 is 11.8 Å². The highest BCUT2D eigenvalue weighted by molar-refractivity contribution is 5.91. The molecule has 1 N–H and O–H groups in total. The fourth-order valence-corrected chi connectivity index (χ4v) is 5.07. The van der Waals surface area contributed by atoms with E-state index in [1.807, 2.05) is 29.2 Å². The molecule has 1 saturated carbocycles. The van der Waals surface area contributed by atoms with Crippen LogP contribution < -0.4 is 14.8 Å². The molecule has 29 heavy (non-hydrogen) atoms. The standard InChI is InChI=1S/C23H30N2O4/c1-28-18-9-4-5-10-19(18)29-16-15-24-22(27)23-13-6-11-20(23)25(21(26)12-14-23)17-7-2-3-8-17/h4-5,9-11,17H,2-3,6-8,12-16H2,1H3,(H,24,27). The van der Waals surface area contributed by atoms with Gasteiger partial charge in [0.2, 0.25) is 11.8 Å². The summed E-state index contributed by atoms with van der Waals surface area (Å²) >= 11 is 0. The normalized spacial score (nSPS) is 24.2. The number of hydrogen-bond donors (Lipinski definition) is 1. The van der Waals surface area contributed by atoms with Gasteiger partial charge in [0.25, 0.3) is 0 Å². The summed E-state index contributed by atoms with van der Waals surface area (Å²) in [6, 6.07) is 7.75. The molecule has 2 fully saturated rings. The number of carbonyl (C=O) groups is 2. The number of likely N-dealkylation sites (tertiary alicyclic amines) is 1. The van der Waals surface area contributed by atoms with Crippen molar-refractivity contribution in [2.45, 2.75) is 57.4 Å². The smallest absolute Gasteiger partial charge is 0.232 e. The van der Waals surface area contributed by atoms with Crippen molar-refractivity contribution in [1.29, 1.82) is 0 Å². The van der Waals surface area contributed by atoms with Crippen LogP contribution in [0.15, 0.2) is 36.0 Å². The van der Waals surface area contributed by atoms with Gasteiger partial charge in [0, 0.05) is 18.2 Å². The Labute approximate surface area is 172 Å². The summed E-state index contributed by atoms with van der Waals surface area (Å²) in [5.41, 5.74) is 0.407. The van der Waals surface area contributed by atoms with E-state index in [1.54, 1.807) is 7.11 Å². The Kier molecular flexibility index (Phi) is 5.79. The summed E-state index contributed by atoms with van der Waals surface area (Å²) in [4.78, 5) is 27.9. The van der Waals surface area contributed by atoms with Crippen LogP contribution in [-0.4, -0.2) is 43.0 Å². The topological polar surface area (TPSA) is 67.9 Å². The van der Waals surface area contributed by atoms with Crippen LogP contribution in [0.25, 0.3) is 0 Å². The average Bonchev–Trinajstić information content (AvgIpc) is 3.42. The molecule has 1 saturated heterocycles. The van der Waals surface area contributed by atoms with Crippen molar-refractivity contribution in [3.63, 3.8) is 0 Å². The highest BCUT2D eigenvalue weighted by atomic mass is 16.5. The Hall–Kier alpha value is -2.50. The molecule has 0 aromatic heterocycles. The quantitative estimate of drug-likeness (QED) is 0.715. The molecule has 4 rings (SSSR count). The maximum atomic E-state index is 13.2. The second-order valence-electron chi connectivity index (χ2n) is 8.17. The third-order valence-corrected chi connectivity index (χ3v) is 6.53. The fraction of sp³-hybridized carbons (Fsp3) is 0.565. The highest BCUT2D eigenvalue weighted by Crippen LogP contribution is 2.50. The molecule has 2 aliphatic carbocycles. The number of rotatable bonds is 7. The number of piperidine rings is 1. The number of carbonyl (C=O) groups excluding carboxylic acids is 2. The van der Waals surface area contributed by atoms with E-state index in [2.05, 4.69) is 11.4 Å². The number of methoxy groups -OCH3 is 1. The van der Waals surface area contributed by atoms with Gasteiger partial charge in [0.1, 0.15) is 6.61 Å². The molecule has 6 heteroatoms. The lowest BCUT2D eigenvalue weighted by molar-refractivity contribution is -0.141. The molecule has 1 atom stereocenters. The van der Waals surface area contributed by atoms with E-state index in [4.69, 9.17) is 9.47 Å². The number of hydrogen-bond acceptors (Lipinski definition) is 4. The van der Waals surface area contributed by atoms with Crippen LogP contribution in [0.2, 0.25) is 0 Å². The molecule has 1 aromatic carbocycles. The van der Waals surface area contributed by atoms with Crippen molar-refractivity contribution in [3.05, 3.63) is 36.0 Å². The summed E-state index contributed by atoms with van der Waals surface area (Å²) in [7, 11) is 1.61. The minimum Gasteiger partial charge on any atom is -0.493 e. The van der Waals surface area contributed by atoms with Gasteiger partial charge in [0.05, 0.1) is 19.1 Å². The largest absolute Gasteiger partial charge is 0.493 e. The van der Waals surface area contributed by atoms with E-state index >= 15 is 0 Å². The zero-order valence-electron chi connectivity index (χ0n) is 17.1. The van der Waals surface area contributed by atoms with Gasteiger partial charge in [-0.2, -0.15) is 0 Å². The van der Waals surface area contributed by atoms with Crippen LogP contribution >= 0.6 is 0 Å². The molecular weight excluding hydrogens is 368 g/mol. The van der Waals surface area contributed by atoms with Gasteiger partial charge in [-0.3, -0.25) is 9.59 Å². The molecule has 1 aliphatic heterocycles. The second kappa shape index (κ2) is 8.47. The molecule has 0 radical (unpaired) electrons. The number of allylic oxidation sites excluding steroid dienone is 1. The van der Waals surface area contributed by atoms with Gasteiger partial charge in [-0.25, -0.2) is 0 Å². The average molecular weight is 399 g/mol. The van der Waals surface area contributed by atoms with Crippen LogP contribution in [0, 0.1) is 5.41 Å². The van der Waals surface area contributed by atoms with Crippen LogP contribution in [0.4, 0.5) is 0 Å². The molecule has 1 aromatic rings. The molecule has 2 amide bonds. The van der Waals surface area contributed by atoms with E-state index in [-0.39, 0.29) is 17.9 Å². The number of para-hydroxylation sites is 2. The van der Waals surface area contributed by atoms with Gasteiger partial charge >= 0.3 is 0 Å². The lowest BCUT2D eigenvalue weighted by Gasteiger charge is -2.44. The molecular formula is C23H30N2O4. The van der Waals surface area contributed by atoms with Gasteiger partial charge < -0.3 is 19.7 Å². The van der Waals surface area contributed by atoms with E-state index in [9.17, 15) is 9.59 Å². The SMILES string of the molecule is COc1ccccc1OCCNC(=O)C12CCC=C1N(C1CCCC1)C(=O)CC2. The molecule has 1 unspecified atom stereocenters. The first-order valence-electron chi connectivity index (χ1n) is 10.7. The number of ether oxygens (including phenoxy) is 2. The van der Waals surface area contributed by atoms with Gasteiger partial charge in [-0.15, -0.1) is 0 Å². The number of amides is 2. The highest BCUT2D eigenvalue weighted by Gasteiger charge is 2.52. The molecule has 156 valence electrons. The predicted octanol–water partition coefficient (Wildman–Crippen LogP) is 3.42. The lowest BCUT2D eigenvalue weighted by atomic mass is 9.75. The summed E-state index contributed by atoms with van der Waals surface area (Å²) < 4.78 is 11.1. The predicted molar refractivity (Wildman–Crippen MR) is 110 cm³/mol. The third kappa shape index (κ3) is 3.72. The second-order valence-corrected chi connectivity index (χ2v) is 8.17. The molecule has 0 bridgehead atoms. The molecule has 3 aliphatic rings. The van der Waals surface area contributed by atoms with Crippen LogP contribution in [0.3, 0.4) is 0 Å².